The molecule has 6 heteroatoms. The van der Waals surface area contributed by atoms with E-state index in [-0.39, 0.29) is 6.29 Å². The summed E-state index contributed by atoms with van der Waals surface area (Å²) in [5.41, 5.74) is 14.7. The first-order valence-electron chi connectivity index (χ1n) is 15.8. The Morgan fingerprint density at radius 1 is 0.468 bits per heavy atom. The van der Waals surface area contributed by atoms with Crippen LogP contribution in [0.4, 0.5) is 0 Å². The molecule has 47 heavy (non-hydrogen) atoms. The minimum absolute atomic E-state index is 0.335. The van der Waals surface area contributed by atoms with Crippen molar-refractivity contribution in [2.45, 2.75) is 6.29 Å². The van der Waals surface area contributed by atoms with Crippen molar-refractivity contribution in [2.24, 2.45) is 0 Å². The summed E-state index contributed by atoms with van der Waals surface area (Å²) in [5, 5.41) is 0. The number of ether oxygens (including phenoxy) is 2. The van der Waals surface area contributed by atoms with Gasteiger partial charge in [0.25, 0.3) is 0 Å². The van der Waals surface area contributed by atoms with Crippen LogP contribution in [-0.4, -0.2) is 33.1 Å². The Hall–Kier alpha value is -5.82. The molecule has 9 rings (SSSR count). The first-order valence-corrected chi connectivity index (χ1v) is 15.8. The van der Waals surface area contributed by atoms with Crippen molar-refractivity contribution in [3.63, 3.8) is 0 Å². The van der Waals surface area contributed by atoms with E-state index in [9.17, 15) is 0 Å². The highest BCUT2D eigenvalue weighted by Crippen LogP contribution is 2.37. The lowest BCUT2D eigenvalue weighted by molar-refractivity contribution is -0.0441. The zero-order valence-electron chi connectivity index (χ0n) is 25.5. The van der Waals surface area contributed by atoms with E-state index in [1.807, 2.05) is 12.1 Å². The van der Waals surface area contributed by atoms with E-state index in [4.69, 9.17) is 19.4 Å². The molecule has 226 valence electrons. The lowest BCUT2D eigenvalue weighted by Gasteiger charge is -2.11. The van der Waals surface area contributed by atoms with Crippen LogP contribution < -0.4 is 0 Å². The van der Waals surface area contributed by atoms with Gasteiger partial charge in [-0.3, -0.25) is 0 Å². The maximum absolute atomic E-state index is 5.77. The van der Waals surface area contributed by atoms with Crippen LogP contribution in [0.2, 0.25) is 0 Å². The summed E-state index contributed by atoms with van der Waals surface area (Å²) in [4.78, 5) is 17.9. The van der Waals surface area contributed by atoms with E-state index in [0.717, 1.165) is 83.8 Å². The van der Waals surface area contributed by atoms with E-state index in [0.29, 0.717) is 13.2 Å². The second-order valence-corrected chi connectivity index (χ2v) is 11.8. The predicted molar refractivity (Wildman–Crippen MR) is 190 cm³/mol. The fourth-order valence-corrected chi connectivity index (χ4v) is 6.61. The SMILES string of the molecule is C1=Cc2nc1c(-c1ccc(C3OCCO3)cc1)c1nc(c(-c3ccccc3)c3ccc(cc4ccc([nH]4)c2-c2ccccc2)[nH]3)C=C1. The lowest BCUT2D eigenvalue weighted by atomic mass is 10.0. The number of hydrogen-bond donors (Lipinski definition) is 2. The number of rotatable bonds is 4. The molecule has 0 unspecified atom stereocenters. The number of hydrogen-bond acceptors (Lipinski definition) is 4. The molecule has 0 saturated carbocycles. The monoisotopic (exact) mass is 610 g/mol. The van der Waals surface area contributed by atoms with Gasteiger partial charge < -0.3 is 19.4 Å². The van der Waals surface area contributed by atoms with E-state index in [2.05, 4.69) is 137 Å². The normalized spacial score (nSPS) is 14.2. The maximum Gasteiger partial charge on any atom is 0.184 e. The Balaban J connectivity index is 1.38. The average Bonchev–Trinajstić information content (AvgIpc) is 3.96. The van der Waals surface area contributed by atoms with Crippen molar-refractivity contribution < 1.29 is 9.47 Å². The van der Waals surface area contributed by atoms with Gasteiger partial charge in [0.1, 0.15) is 0 Å². The Morgan fingerprint density at radius 2 is 0.915 bits per heavy atom. The summed E-state index contributed by atoms with van der Waals surface area (Å²) in [6.45, 7) is 1.21. The van der Waals surface area contributed by atoms with Gasteiger partial charge in [-0.25, -0.2) is 9.97 Å². The molecule has 3 aliphatic rings. The lowest BCUT2D eigenvalue weighted by Crippen LogP contribution is -1.98. The van der Waals surface area contributed by atoms with Crippen molar-refractivity contribution in [3.8, 4) is 33.4 Å². The van der Waals surface area contributed by atoms with Crippen LogP contribution in [0.15, 0.2) is 115 Å². The van der Waals surface area contributed by atoms with Gasteiger partial charge in [-0.1, -0.05) is 84.9 Å². The number of aromatic amines is 2. The average molecular weight is 611 g/mol. The zero-order chi connectivity index (χ0) is 31.2. The highest BCUT2D eigenvalue weighted by atomic mass is 16.7. The van der Waals surface area contributed by atoms with Crippen molar-refractivity contribution in [1.82, 2.24) is 19.9 Å². The van der Waals surface area contributed by atoms with Gasteiger partial charge in [-0.2, -0.15) is 0 Å². The van der Waals surface area contributed by atoms with Crippen LogP contribution >= 0.6 is 0 Å². The Labute approximate surface area is 271 Å². The first kappa shape index (κ1) is 27.5. The van der Waals surface area contributed by atoms with Crippen molar-refractivity contribution in [1.29, 1.82) is 0 Å². The quantitative estimate of drug-likeness (QED) is 0.208. The molecular formula is C41H30N4O2. The smallest absolute Gasteiger partial charge is 0.184 e. The number of aromatic nitrogens is 4. The fourth-order valence-electron chi connectivity index (χ4n) is 6.61. The standard InChI is InChI=1S/C41H30N4O2/c1-3-7-26(8-4-1)38-32-17-15-30(42-32)25-31-16-18-33(43-31)39(27-9-5-2-6-10-27)35-20-22-37(45-35)40(36-21-19-34(38)44-36)28-11-13-29(14-12-28)41-46-23-24-47-41/h1-22,25,41-43H,23-24H2. The fraction of sp³-hybridized carbons (Fsp3) is 0.0732. The molecule has 6 heterocycles. The number of fused-ring (bicyclic) bond motifs is 8. The third-order valence-electron chi connectivity index (χ3n) is 8.79. The molecular weight excluding hydrogens is 580 g/mol. The summed E-state index contributed by atoms with van der Waals surface area (Å²) in [6.07, 6.45) is 8.09. The molecule has 6 aromatic rings. The minimum atomic E-state index is -0.335. The van der Waals surface area contributed by atoms with Crippen molar-refractivity contribution >= 4 is 46.4 Å². The molecule has 6 nitrogen and oxygen atoms in total. The second kappa shape index (κ2) is 11.5. The van der Waals surface area contributed by atoms with E-state index in [1.54, 1.807) is 0 Å². The molecule has 0 radical (unpaired) electrons. The molecule has 0 atom stereocenters. The minimum Gasteiger partial charge on any atom is -0.355 e. The third kappa shape index (κ3) is 5.10. The second-order valence-electron chi connectivity index (χ2n) is 11.8. The van der Waals surface area contributed by atoms with Gasteiger partial charge in [-0.05, 0) is 71.3 Å². The van der Waals surface area contributed by atoms with Gasteiger partial charge in [-0.15, -0.1) is 0 Å². The van der Waals surface area contributed by atoms with Crippen LogP contribution in [0, 0.1) is 0 Å². The van der Waals surface area contributed by atoms with Crippen LogP contribution in [-0.2, 0) is 9.47 Å². The van der Waals surface area contributed by atoms with E-state index in [1.165, 1.54) is 0 Å². The van der Waals surface area contributed by atoms with Gasteiger partial charge in [0.2, 0.25) is 0 Å². The maximum atomic E-state index is 5.77. The van der Waals surface area contributed by atoms with Gasteiger partial charge in [0, 0.05) is 44.3 Å². The van der Waals surface area contributed by atoms with Gasteiger partial charge >= 0.3 is 0 Å². The van der Waals surface area contributed by atoms with E-state index >= 15 is 0 Å². The van der Waals surface area contributed by atoms with Crippen LogP contribution in [0.1, 0.15) is 34.6 Å². The molecule has 8 bridgehead atoms. The number of benzene rings is 3. The first-order chi connectivity index (χ1) is 23.3. The summed E-state index contributed by atoms with van der Waals surface area (Å²) >= 11 is 0. The van der Waals surface area contributed by atoms with Crippen molar-refractivity contribution in [3.05, 3.63) is 144 Å². The molecule has 0 aliphatic carbocycles. The van der Waals surface area contributed by atoms with Gasteiger partial charge in [0.15, 0.2) is 6.29 Å². The van der Waals surface area contributed by atoms with Crippen LogP contribution in [0.3, 0.4) is 0 Å². The van der Waals surface area contributed by atoms with E-state index < -0.39 is 0 Å². The van der Waals surface area contributed by atoms with Crippen LogP contribution in [0.5, 0.6) is 0 Å². The predicted octanol–water partition coefficient (Wildman–Crippen LogP) is 9.70. The molecule has 1 saturated heterocycles. The molecule has 3 aromatic heterocycles. The summed E-state index contributed by atoms with van der Waals surface area (Å²) < 4.78 is 11.5. The molecule has 0 amide bonds. The zero-order valence-corrected chi connectivity index (χ0v) is 25.5. The van der Waals surface area contributed by atoms with Crippen molar-refractivity contribution in [2.75, 3.05) is 13.2 Å². The largest absolute Gasteiger partial charge is 0.355 e. The summed E-state index contributed by atoms with van der Waals surface area (Å²) in [6, 6.07) is 39.9. The highest BCUT2D eigenvalue weighted by molar-refractivity contribution is 5.96. The molecule has 3 aromatic carbocycles. The Bertz CT molecular complexity index is 2210. The Kier molecular flexibility index (Phi) is 6.74. The molecule has 2 N–H and O–H groups in total. The molecule has 3 aliphatic heterocycles. The van der Waals surface area contributed by atoms with Gasteiger partial charge in [0.05, 0.1) is 36.0 Å². The Morgan fingerprint density at radius 3 is 1.40 bits per heavy atom. The summed E-state index contributed by atoms with van der Waals surface area (Å²) in [5.74, 6) is 0. The third-order valence-corrected chi connectivity index (χ3v) is 8.79. The number of nitrogens with one attached hydrogen (secondary N) is 2. The molecule has 1 fully saturated rings. The topological polar surface area (TPSA) is 75.8 Å². The number of nitrogens with zero attached hydrogens (tertiary/aromatic N) is 2. The highest BCUT2D eigenvalue weighted by Gasteiger charge is 2.21. The van der Waals surface area contributed by atoms with Crippen LogP contribution in [0.25, 0.3) is 79.8 Å². The summed E-state index contributed by atoms with van der Waals surface area (Å²) in [7, 11) is 0. The number of H-pyrrole nitrogens is 2. The molecule has 0 spiro atoms.